The standard InChI is InChI=1S/C17H24N6O/c1-12-19-20-15-6-7-16(21-23(12)15)22-10-8-13(9-11-22)17(24)18-14-4-2-3-5-14/h6-7,13-14H,2-5,8-11H2,1H3,(H,18,24). The molecule has 2 aliphatic rings. The zero-order chi connectivity index (χ0) is 16.5. The number of carbonyl (C=O) groups excluding carboxylic acids is 1. The number of carbonyl (C=O) groups is 1. The van der Waals surface area contributed by atoms with Crippen molar-refractivity contribution >= 4 is 17.4 Å². The van der Waals surface area contributed by atoms with Crippen molar-refractivity contribution < 1.29 is 4.79 Å². The number of nitrogens with zero attached hydrogens (tertiary/aromatic N) is 5. The Balaban J connectivity index is 1.37. The maximum absolute atomic E-state index is 12.4. The van der Waals surface area contributed by atoms with Gasteiger partial charge in [-0.25, -0.2) is 0 Å². The summed E-state index contributed by atoms with van der Waals surface area (Å²) in [6, 6.07) is 4.35. The summed E-state index contributed by atoms with van der Waals surface area (Å²) in [5.41, 5.74) is 0.766. The predicted octanol–water partition coefficient (Wildman–Crippen LogP) is 1.71. The first-order valence-corrected chi connectivity index (χ1v) is 8.95. The second-order valence-corrected chi connectivity index (χ2v) is 6.96. The second kappa shape index (κ2) is 6.37. The molecular formula is C17H24N6O. The van der Waals surface area contributed by atoms with Crippen LogP contribution in [0.15, 0.2) is 12.1 Å². The quantitative estimate of drug-likeness (QED) is 0.928. The van der Waals surface area contributed by atoms with Crippen molar-refractivity contribution in [2.75, 3.05) is 18.0 Å². The molecule has 2 aromatic heterocycles. The minimum Gasteiger partial charge on any atom is -0.355 e. The lowest BCUT2D eigenvalue weighted by molar-refractivity contribution is -0.126. The van der Waals surface area contributed by atoms with E-state index < -0.39 is 0 Å². The van der Waals surface area contributed by atoms with Gasteiger partial charge >= 0.3 is 0 Å². The molecule has 1 aliphatic heterocycles. The largest absolute Gasteiger partial charge is 0.355 e. The normalized spacial score (nSPS) is 20.0. The number of hydrogen-bond acceptors (Lipinski definition) is 5. The van der Waals surface area contributed by atoms with Crippen molar-refractivity contribution in [2.45, 2.75) is 51.5 Å². The molecule has 1 amide bonds. The summed E-state index contributed by atoms with van der Waals surface area (Å²) in [6.45, 7) is 3.63. The summed E-state index contributed by atoms with van der Waals surface area (Å²) in [6.07, 6.45) is 6.57. The SMILES string of the molecule is Cc1nnc2ccc(N3CCC(C(=O)NC4CCCC4)CC3)nn12. The molecule has 1 N–H and O–H groups in total. The zero-order valence-corrected chi connectivity index (χ0v) is 14.1. The topological polar surface area (TPSA) is 75.4 Å². The Morgan fingerprint density at radius 3 is 2.62 bits per heavy atom. The summed E-state index contributed by atoms with van der Waals surface area (Å²) >= 11 is 0. The van der Waals surface area contributed by atoms with Gasteiger partial charge in [0.1, 0.15) is 5.82 Å². The molecule has 1 aliphatic carbocycles. The van der Waals surface area contributed by atoms with Gasteiger partial charge in [0.2, 0.25) is 5.91 Å². The number of amides is 1. The summed E-state index contributed by atoms with van der Waals surface area (Å²) in [7, 11) is 0. The molecule has 0 spiro atoms. The van der Waals surface area contributed by atoms with Gasteiger partial charge in [0.25, 0.3) is 0 Å². The number of fused-ring (bicyclic) bond motifs is 1. The summed E-state index contributed by atoms with van der Waals surface area (Å²) in [4.78, 5) is 14.7. The lowest BCUT2D eigenvalue weighted by Crippen LogP contribution is -2.43. The van der Waals surface area contributed by atoms with E-state index in [1.54, 1.807) is 4.52 Å². The molecule has 7 nitrogen and oxygen atoms in total. The van der Waals surface area contributed by atoms with Crippen molar-refractivity contribution in [3.05, 3.63) is 18.0 Å². The molecule has 7 heteroatoms. The van der Waals surface area contributed by atoms with E-state index in [0.29, 0.717) is 6.04 Å². The number of nitrogens with one attached hydrogen (secondary N) is 1. The molecule has 1 saturated carbocycles. The van der Waals surface area contributed by atoms with E-state index in [0.717, 1.165) is 56.1 Å². The van der Waals surface area contributed by atoms with Gasteiger partial charge in [0, 0.05) is 25.0 Å². The molecule has 1 saturated heterocycles. The molecule has 128 valence electrons. The molecule has 24 heavy (non-hydrogen) atoms. The first-order chi connectivity index (χ1) is 11.7. The van der Waals surface area contributed by atoms with Crippen LogP contribution in [-0.4, -0.2) is 44.8 Å². The number of piperidine rings is 1. The molecule has 3 heterocycles. The van der Waals surface area contributed by atoms with Crippen molar-refractivity contribution in [2.24, 2.45) is 5.92 Å². The van der Waals surface area contributed by atoms with E-state index in [9.17, 15) is 4.79 Å². The van der Waals surface area contributed by atoms with Gasteiger partial charge in [-0.1, -0.05) is 12.8 Å². The first-order valence-electron chi connectivity index (χ1n) is 8.95. The minimum atomic E-state index is 0.141. The van der Waals surface area contributed by atoms with E-state index in [1.807, 2.05) is 19.1 Å². The number of hydrogen-bond donors (Lipinski definition) is 1. The van der Waals surface area contributed by atoms with Crippen LogP contribution in [0.1, 0.15) is 44.3 Å². The molecule has 0 aromatic carbocycles. The van der Waals surface area contributed by atoms with Crippen LogP contribution in [0.25, 0.3) is 5.65 Å². The molecule has 0 atom stereocenters. The Hall–Kier alpha value is -2.18. The van der Waals surface area contributed by atoms with Crippen LogP contribution in [0.4, 0.5) is 5.82 Å². The van der Waals surface area contributed by atoms with Gasteiger partial charge in [0.15, 0.2) is 11.5 Å². The molecule has 0 bridgehead atoms. The van der Waals surface area contributed by atoms with Crippen LogP contribution in [-0.2, 0) is 4.79 Å². The number of anilines is 1. The van der Waals surface area contributed by atoms with E-state index in [1.165, 1.54) is 12.8 Å². The fraction of sp³-hybridized carbons (Fsp3) is 0.647. The van der Waals surface area contributed by atoms with Crippen molar-refractivity contribution in [1.29, 1.82) is 0 Å². The average molecular weight is 328 g/mol. The Morgan fingerprint density at radius 2 is 1.88 bits per heavy atom. The Morgan fingerprint density at radius 1 is 1.12 bits per heavy atom. The van der Waals surface area contributed by atoms with E-state index in [-0.39, 0.29) is 11.8 Å². The highest BCUT2D eigenvalue weighted by molar-refractivity contribution is 5.79. The number of aromatic nitrogens is 4. The Bertz CT molecular complexity index is 728. The van der Waals surface area contributed by atoms with Gasteiger partial charge < -0.3 is 10.2 Å². The summed E-state index contributed by atoms with van der Waals surface area (Å²) in [5.74, 6) is 2.11. The molecule has 0 radical (unpaired) electrons. The third-order valence-electron chi connectivity index (χ3n) is 5.30. The smallest absolute Gasteiger partial charge is 0.223 e. The number of aryl methyl sites for hydroxylation is 1. The second-order valence-electron chi connectivity index (χ2n) is 6.96. The van der Waals surface area contributed by atoms with Crippen LogP contribution in [0.2, 0.25) is 0 Å². The van der Waals surface area contributed by atoms with Gasteiger partial charge in [-0.3, -0.25) is 4.79 Å². The monoisotopic (exact) mass is 328 g/mol. The molecule has 4 rings (SSSR count). The zero-order valence-electron chi connectivity index (χ0n) is 14.1. The van der Waals surface area contributed by atoms with Gasteiger partial charge in [-0.2, -0.15) is 4.52 Å². The lowest BCUT2D eigenvalue weighted by Gasteiger charge is -2.32. The molecule has 2 aromatic rings. The fourth-order valence-corrected chi connectivity index (χ4v) is 3.82. The predicted molar refractivity (Wildman–Crippen MR) is 90.9 cm³/mol. The highest BCUT2D eigenvalue weighted by Crippen LogP contribution is 2.24. The summed E-state index contributed by atoms with van der Waals surface area (Å²) in [5, 5.41) is 16.0. The fourth-order valence-electron chi connectivity index (χ4n) is 3.82. The maximum Gasteiger partial charge on any atom is 0.223 e. The van der Waals surface area contributed by atoms with Gasteiger partial charge in [0.05, 0.1) is 0 Å². The number of rotatable bonds is 3. The highest BCUT2D eigenvalue weighted by atomic mass is 16.1. The minimum absolute atomic E-state index is 0.141. The third kappa shape index (κ3) is 2.95. The summed E-state index contributed by atoms with van der Waals surface area (Å²) < 4.78 is 1.77. The van der Waals surface area contributed by atoms with Crippen LogP contribution < -0.4 is 10.2 Å². The highest BCUT2D eigenvalue weighted by Gasteiger charge is 2.28. The van der Waals surface area contributed by atoms with E-state index in [4.69, 9.17) is 0 Å². The average Bonchev–Trinajstić information content (AvgIpc) is 3.25. The van der Waals surface area contributed by atoms with Gasteiger partial charge in [-0.15, -0.1) is 15.3 Å². The van der Waals surface area contributed by atoms with Crippen LogP contribution in [0.5, 0.6) is 0 Å². The Kier molecular flexibility index (Phi) is 4.08. The van der Waals surface area contributed by atoms with E-state index >= 15 is 0 Å². The first kappa shape index (κ1) is 15.4. The van der Waals surface area contributed by atoms with Crippen LogP contribution >= 0.6 is 0 Å². The maximum atomic E-state index is 12.4. The van der Waals surface area contributed by atoms with Crippen LogP contribution in [0.3, 0.4) is 0 Å². The van der Waals surface area contributed by atoms with Crippen molar-refractivity contribution in [1.82, 2.24) is 25.1 Å². The van der Waals surface area contributed by atoms with Crippen molar-refractivity contribution in [3.63, 3.8) is 0 Å². The molecular weight excluding hydrogens is 304 g/mol. The van der Waals surface area contributed by atoms with E-state index in [2.05, 4.69) is 25.5 Å². The van der Waals surface area contributed by atoms with Gasteiger partial charge in [-0.05, 0) is 44.7 Å². The Labute approximate surface area is 141 Å². The lowest BCUT2D eigenvalue weighted by atomic mass is 9.95. The van der Waals surface area contributed by atoms with Crippen molar-refractivity contribution in [3.8, 4) is 0 Å². The molecule has 0 unspecified atom stereocenters. The third-order valence-corrected chi connectivity index (χ3v) is 5.30. The van der Waals surface area contributed by atoms with Crippen LogP contribution in [0, 0.1) is 12.8 Å². The molecule has 2 fully saturated rings.